The largest absolute Gasteiger partial charge is 0.354 e. The maximum atomic E-state index is 12.5. The number of aromatic nitrogens is 1. The van der Waals surface area contributed by atoms with Crippen LogP contribution in [0.3, 0.4) is 0 Å². The van der Waals surface area contributed by atoms with Gasteiger partial charge in [-0.05, 0) is 55.0 Å². The van der Waals surface area contributed by atoms with Gasteiger partial charge in [-0.3, -0.25) is 9.59 Å². The second-order valence-electron chi connectivity index (χ2n) is 8.26. The molecule has 8 nitrogen and oxygen atoms in total. The Balaban J connectivity index is 0.00000361. The van der Waals surface area contributed by atoms with Gasteiger partial charge >= 0.3 is 0 Å². The first-order valence-electron chi connectivity index (χ1n) is 11.2. The zero-order chi connectivity index (χ0) is 25.2. The SMILES string of the molecule is CCCC(=O)N(c1ccc(Nc2c3ccccc3nc3cc(NC(C)=O)ccc23)cc1)S(C)(=O)=O.Cl. The molecule has 36 heavy (non-hydrogen) atoms. The number of benzene rings is 3. The number of pyridine rings is 1. The number of halogens is 1. The maximum absolute atomic E-state index is 12.5. The van der Waals surface area contributed by atoms with Crippen molar-refractivity contribution in [3.05, 3.63) is 66.7 Å². The molecule has 1 heterocycles. The maximum Gasteiger partial charge on any atom is 0.240 e. The number of carbonyl (C=O) groups is 2. The lowest BCUT2D eigenvalue weighted by atomic mass is 10.1. The van der Waals surface area contributed by atoms with Crippen LogP contribution in [0.15, 0.2) is 66.7 Å². The van der Waals surface area contributed by atoms with E-state index >= 15 is 0 Å². The summed E-state index contributed by atoms with van der Waals surface area (Å²) in [4.78, 5) is 28.7. The lowest BCUT2D eigenvalue weighted by molar-refractivity contribution is -0.117. The van der Waals surface area contributed by atoms with Crippen LogP contribution in [0.4, 0.5) is 22.7 Å². The normalized spacial score (nSPS) is 11.1. The van der Waals surface area contributed by atoms with Crippen LogP contribution < -0.4 is 14.9 Å². The first-order chi connectivity index (χ1) is 16.7. The first-order valence-corrected chi connectivity index (χ1v) is 13.0. The Morgan fingerprint density at radius 2 is 1.56 bits per heavy atom. The lowest BCUT2D eigenvalue weighted by Gasteiger charge is -2.21. The Labute approximate surface area is 216 Å². The fourth-order valence-electron chi connectivity index (χ4n) is 3.97. The van der Waals surface area contributed by atoms with Gasteiger partial charge < -0.3 is 10.6 Å². The van der Waals surface area contributed by atoms with E-state index in [1.807, 2.05) is 49.4 Å². The van der Waals surface area contributed by atoms with E-state index in [0.717, 1.165) is 32.5 Å². The minimum absolute atomic E-state index is 0. The van der Waals surface area contributed by atoms with Crippen LogP contribution in [0.25, 0.3) is 21.8 Å². The summed E-state index contributed by atoms with van der Waals surface area (Å²) in [6.07, 6.45) is 1.72. The molecular formula is C26H27ClN4O4S. The molecule has 10 heteroatoms. The van der Waals surface area contributed by atoms with Crippen molar-refractivity contribution in [3.63, 3.8) is 0 Å². The Bertz CT molecular complexity index is 1540. The Hall–Kier alpha value is -3.69. The number of rotatable bonds is 7. The van der Waals surface area contributed by atoms with Gasteiger partial charge in [0.25, 0.3) is 0 Å². The number of amides is 2. The van der Waals surface area contributed by atoms with Gasteiger partial charge in [-0.2, -0.15) is 0 Å². The highest BCUT2D eigenvalue weighted by atomic mass is 35.5. The van der Waals surface area contributed by atoms with Gasteiger partial charge in [0.05, 0.1) is 28.7 Å². The minimum Gasteiger partial charge on any atom is -0.354 e. The van der Waals surface area contributed by atoms with E-state index in [1.165, 1.54) is 6.92 Å². The number of nitrogens with zero attached hydrogens (tertiary/aromatic N) is 2. The Morgan fingerprint density at radius 1 is 0.917 bits per heavy atom. The summed E-state index contributed by atoms with van der Waals surface area (Å²) in [6, 6.07) is 19.9. The molecule has 0 aliphatic carbocycles. The molecule has 2 amide bonds. The topological polar surface area (TPSA) is 108 Å². The number of para-hydroxylation sites is 1. The molecule has 4 rings (SSSR count). The molecular weight excluding hydrogens is 500 g/mol. The molecule has 0 unspecified atom stereocenters. The zero-order valence-corrected chi connectivity index (χ0v) is 21.7. The quantitative estimate of drug-likeness (QED) is 0.303. The van der Waals surface area contributed by atoms with Gasteiger partial charge in [0.15, 0.2) is 0 Å². The molecule has 0 radical (unpaired) electrons. The van der Waals surface area contributed by atoms with Crippen LogP contribution in [-0.2, 0) is 19.6 Å². The summed E-state index contributed by atoms with van der Waals surface area (Å²) >= 11 is 0. The predicted molar refractivity (Wildman–Crippen MR) is 148 cm³/mol. The van der Waals surface area contributed by atoms with Crippen molar-refractivity contribution in [1.82, 2.24) is 4.98 Å². The average molecular weight is 527 g/mol. The highest BCUT2D eigenvalue weighted by Crippen LogP contribution is 2.35. The van der Waals surface area contributed by atoms with Gasteiger partial charge in [-0.25, -0.2) is 17.7 Å². The summed E-state index contributed by atoms with van der Waals surface area (Å²) in [6.45, 7) is 3.28. The van der Waals surface area contributed by atoms with Crippen LogP contribution in [0.5, 0.6) is 0 Å². The zero-order valence-electron chi connectivity index (χ0n) is 20.1. The van der Waals surface area contributed by atoms with Crippen LogP contribution in [0.2, 0.25) is 0 Å². The molecule has 188 valence electrons. The summed E-state index contributed by atoms with van der Waals surface area (Å²) in [5.41, 5.74) is 3.99. The van der Waals surface area contributed by atoms with E-state index in [2.05, 4.69) is 10.6 Å². The Morgan fingerprint density at radius 3 is 2.19 bits per heavy atom. The third kappa shape index (κ3) is 5.75. The number of sulfonamides is 1. The van der Waals surface area contributed by atoms with Gasteiger partial charge in [0.1, 0.15) is 0 Å². The highest BCUT2D eigenvalue weighted by molar-refractivity contribution is 7.92. The molecule has 0 aliphatic rings. The van der Waals surface area contributed by atoms with E-state index in [9.17, 15) is 18.0 Å². The smallest absolute Gasteiger partial charge is 0.240 e. The van der Waals surface area contributed by atoms with E-state index in [0.29, 0.717) is 29.0 Å². The number of hydrogen-bond donors (Lipinski definition) is 2. The third-order valence-corrected chi connectivity index (χ3v) is 6.47. The molecule has 0 saturated heterocycles. The summed E-state index contributed by atoms with van der Waals surface area (Å²) in [5.74, 6) is -0.624. The standard InChI is InChI=1S/C26H26N4O4S.ClH/c1-4-7-25(32)30(35(3,33)34)20-13-10-18(11-14-20)28-26-21-8-5-6-9-23(21)29-24-16-19(27-17(2)31)12-15-22(24)26;/h5-6,8-16H,4,7H2,1-3H3,(H,27,31)(H,28,29);1H. The van der Waals surface area contributed by atoms with Crippen LogP contribution in [0.1, 0.15) is 26.7 Å². The highest BCUT2D eigenvalue weighted by Gasteiger charge is 2.24. The monoisotopic (exact) mass is 526 g/mol. The van der Waals surface area contributed by atoms with Crippen molar-refractivity contribution in [2.24, 2.45) is 0 Å². The van der Waals surface area contributed by atoms with Crippen LogP contribution >= 0.6 is 12.4 Å². The molecule has 1 aromatic heterocycles. The molecule has 0 fully saturated rings. The van der Waals surface area contributed by atoms with Crippen molar-refractivity contribution in [2.45, 2.75) is 26.7 Å². The lowest BCUT2D eigenvalue weighted by Crippen LogP contribution is -2.35. The van der Waals surface area contributed by atoms with E-state index in [-0.39, 0.29) is 24.7 Å². The second kappa shape index (κ2) is 10.9. The number of hydrogen-bond acceptors (Lipinski definition) is 6. The van der Waals surface area contributed by atoms with Gasteiger partial charge in [0, 0.05) is 35.5 Å². The van der Waals surface area contributed by atoms with Crippen molar-refractivity contribution >= 4 is 78.8 Å². The molecule has 2 N–H and O–H groups in total. The van der Waals surface area contributed by atoms with Crippen LogP contribution in [-0.4, -0.2) is 31.5 Å². The Kier molecular flexibility index (Phi) is 8.17. The van der Waals surface area contributed by atoms with Crippen molar-refractivity contribution in [1.29, 1.82) is 0 Å². The van der Waals surface area contributed by atoms with Crippen molar-refractivity contribution in [2.75, 3.05) is 21.2 Å². The fraction of sp³-hybridized carbons (Fsp3) is 0.192. The number of nitrogens with one attached hydrogen (secondary N) is 2. The molecule has 4 aromatic rings. The second-order valence-corrected chi connectivity index (χ2v) is 10.1. The minimum atomic E-state index is -3.76. The van der Waals surface area contributed by atoms with E-state index in [4.69, 9.17) is 4.98 Å². The molecule has 0 atom stereocenters. The average Bonchev–Trinajstić information content (AvgIpc) is 2.79. The summed E-state index contributed by atoms with van der Waals surface area (Å²) < 4.78 is 25.4. The molecule has 0 saturated carbocycles. The van der Waals surface area contributed by atoms with Gasteiger partial charge in [-0.15, -0.1) is 12.4 Å². The molecule has 3 aromatic carbocycles. The first kappa shape index (κ1) is 26.9. The number of carbonyl (C=O) groups excluding carboxylic acids is 2. The van der Waals surface area contributed by atoms with Gasteiger partial charge in [-0.1, -0.05) is 25.1 Å². The third-order valence-electron chi connectivity index (χ3n) is 5.39. The van der Waals surface area contributed by atoms with Crippen molar-refractivity contribution < 1.29 is 18.0 Å². The number of anilines is 4. The van der Waals surface area contributed by atoms with E-state index in [1.54, 1.807) is 24.3 Å². The van der Waals surface area contributed by atoms with Crippen LogP contribution in [0, 0.1) is 0 Å². The molecule has 0 spiro atoms. The molecule has 0 bridgehead atoms. The summed E-state index contributed by atoms with van der Waals surface area (Å²) in [5, 5.41) is 7.98. The predicted octanol–water partition coefficient (Wildman–Crippen LogP) is 5.60. The fourth-order valence-corrected chi connectivity index (χ4v) is 4.93. The van der Waals surface area contributed by atoms with Gasteiger partial charge in [0.2, 0.25) is 21.8 Å². The van der Waals surface area contributed by atoms with Crippen molar-refractivity contribution in [3.8, 4) is 0 Å². The molecule has 0 aliphatic heterocycles. The summed E-state index contributed by atoms with van der Waals surface area (Å²) in [7, 11) is -3.76. The number of fused-ring (bicyclic) bond motifs is 2. The van der Waals surface area contributed by atoms with E-state index < -0.39 is 15.9 Å².